The van der Waals surface area contributed by atoms with Gasteiger partial charge in [0, 0.05) is 23.6 Å². The molecule has 1 saturated carbocycles. The van der Waals surface area contributed by atoms with E-state index in [1.54, 1.807) is 0 Å². The van der Waals surface area contributed by atoms with Crippen LogP contribution in [0.3, 0.4) is 0 Å². The van der Waals surface area contributed by atoms with E-state index in [0.29, 0.717) is 11.7 Å². The average molecular weight is 257 g/mol. The minimum atomic E-state index is 0.0944. The van der Waals surface area contributed by atoms with E-state index in [2.05, 4.69) is 15.5 Å². The number of carbonyl (C=O) groups is 1. The largest absolute Gasteiger partial charge is 0.334 e. The molecular formula is C14H15N3O2. The van der Waals surface area contributed by atoms with Crippen molar-refractivity contribution in [2.45, 2.75) is 26.2 Å². The van der Waals surface area contributed by atoms with Crippen molar-refractivity contribution in [1.29, 1.82) is 0 Å². The molecule has 1 N–H and O–H groups in total. The van der Waals surface area contributed by atoms with E-state index in [1.807, 2.05) is 31.2 Å². The van der Waals surface area contributed by atoms with Crippen LogP contribution in [0.2, 0.25) is 0 Å². The van der Waals surface area contributed by atoms with Crippen LogP contribution < -0.4 is 5.32 Å². The number of nitrogens with one attached hydrogen (secondary N) is 1. The monoisotopic (exact) mass is 257 g/mol. The topological polar surface area (TPSA) is 68.0 Å². The van der Waals surface area contributed by atoms with Gasteiger partial charge in [-0.05, 0) is 31.0 Å². The van der Waals surface area contributed by atoms with E-state index >= 15 is 0 Å². The molecule has 0 atom stereocenters. The zero-order valence-electron chi connectivity index (χ0n) is 10.7. The number of aromatic nitrogens is 2. The van der Waals surface area contributed by atoms with Crippen LogP contribution in [0.1, 0.15) is 25.6 Å². The summed E-state index contributed by atoms with van der Waals surface area (Å²) in [6, 6.07) is 7.47. The number of rotatable bonds is 4. The molecule has 0 aliphatic heterocycles. The lowest BCUT2D eigenvalue weighted by molar-refractivity contribution is -0.117. The lowest BCUT2D eigenvalue weighted by Gasteiger charge is -2.04. The van der Waals surface area contributed by atoms with Gasteiger partial charge in [-0.1, -0.05) is 18.1 Å². The van der Waals surface area contributed by atoms with Gasteiger partial charge in [0.25, 0.3) is 5.89 Å². The zero-order chi connectivity index (χ0) is 13.2. The number of benzene rings is 1. The van der Waals surface area contributed by atoms with E-state index in [1.165, 1.54) is 0 Å². The number of carbonyl (C=O) groups excluding carboxylic acids is 1. The lowest BCUT2D eigenvalue weighted by Crippen LogP contribution is -2.13. The highest BCUT2D eigenvalue weighted by Crippen LogP contribution is 2.30. The highest BCUT2D eigenvalue weighted by Gasteiger charge is 2.29. The minimum Gasteiger partial charge on any atom is -0.334 e. The van der Waals surface area contributed by atoms with Gasteiger partial charge in [0.05, 0.1) is 0 Å². The highest BCUT2D eigenvalue weighted by molar-refractivity contribution is 5.94. The van der Waals surface area contributed by atoms with Crippen LogP contribution in [0.5, 0.6) is 0 Å². The first-order valence-corrected chi connectivity index (χ1v) is 6.50. The molecule has 3 rings (SSSR count). The van der Waals surface area contributed by atoms with Crippen molar-refractivity contribution < 1.29 is 9.32 Å². The maximum atomic E-state index is 11.7. The van der Waals surface area contributed by atoms with Gasteiger partial charge in [-0.3, -0.25) is 4.79 Å². The van der Waals surface area contributed by atoms with Crippen molar-refractivity contribution in [3.8, 4) is 11.5 Å². The Hall–Kier alpha value is -2.17. The Morgan fingerprint density at radius 2 is 2.32 bits per heavy atom. The number of anilines is 1. The SMILES string of the molecule is CCc1noc(-c2cccc(NC(=O)C3CC3)c2)n1. The van der Waals surface area contributed by atoms with E-state index in [9.17, 15) is 4.79 Å². The van der Waals surface area contributed by atoms with Crippen LogP contribution in [0.15, 0.2) is 28.8 Å². The standard InChI is InChI=1S/C14H15N3O2/c1-2-12-16-14(19-17-12)10-4-3-5-11(8-10)15-13(18)9-6-7-9/h3-5,8-9H,2,6-7H2,1H3,(H,15,18). The van der Waals surface area contributed by atoms with Gasteiger partial charge in [0.2, 0.25) is 5.91 Å². The van der Waals surface area contributed by atoms with Crippen LogP contribution in [0, 0.1) is 5.92 Å². The summed E-state index contributed by atoms with van der Waals surface area (Å²) in [5.41, 5.74) is 1.59. The van der Waals surface area contributed by atoms with Crippen molar-refractivity contribution in [3.05, 3.63) is 30.1 Å². The van der Waals surface area contributed by atoms with Gasteiger partial charge < -0.3 is 9.84 Å². The normalized spacial score (nSPS) is 14.4. The molecule has 5 nitrogen and oxygen atoms in total. The van der Waals surface area contributed by atoms with Crippen LogP contribution in [0.4, 0.5) is 5.69 Å². The summed E-state index contributed by atoms with van der Waals surface area (Å²) in [5.74, 6) is 1.46. The summed E-state index contributed by atoms with van der Waals surface area (Å²) in [4.78, 5) is 16.0. The molecule has 0 bridgehead atoms. The van der Waals surface area contributed by atoms with Gasteiger partial charge in [-0.25, -0.2) is 0 Å². The first kappa shape index (κ1) is 11.9. The van der Waals surface area contributed by atoms with Crippen molar-refractivity contribution in [2.24, 2.45) is 5.92 Å². The van der Waals surface area contributed by atoms with Crippen LogP contribution >= 0.6 is 0 Å². The van der Waals surface area contributed by atoms with Gasteiger partial charge >= 0.3 is 0 Å². The molecule has 1 fully saturated rings. The summed E-state index contributed by atoms with van der Waals surface area (Å²) in [7, 11) is 0. The third kappa shape index (κ3) is 2.65. The zero-order valence-corrected chi connectivity index (χ0v) is 10.7. The van der Waals surface area contributed by atoms with Crippen molar-refractivity contribution in [2.75, 3.05) is 5.32 Å². The molecule has 5 heteroatoms. The molecule has 2 aromatic rings. The van der Waals surface area contributed by atoms with Crippen LogP contribution in [-0.2, 0) is 11.2 Å². The summed E-state index contributed by atoms with van der Waals surface area (Å²) < 4.78 is 5.19. The molecule has 1 aliphatic rings. The van der Waals surface area contributed by atoms with Gasteiger partial charge in [-0.2, -0.15) is 4.98 Å². The second-order valence-corrected chi connectivity index (χ2v) is 4.71. The lowest BCUT2D eigenvalue weighted by atomic mass is 10.2. The quantitative estimate of drug-likeness (QED) is 0.914. The van der Waals surface area contributed by atoms with Crippen LogP contribution in [-0.4, -0.2) is 16.0 Å². The molecule has 0 unspecified atom stereocenters. The fraction of sp³-hybridized carbons (Fsp3) is 0.357. The Morgan fingerprint density at radius 3 is 3.00 bits per heavy atom. The fourth-order valence-electron chi connectivity index (χ4n) is 1.83. The number of aryl methyl sites for hydroxylation is 1. The summed E-state index contributed by atoms with van der Waals surface area (Å²) in [5, 5.41) is 6.77. The third-order valence-electron chi connectivity index (χ3n) is 3.11. The Bertz CT molecular complexity index is 602. The molecule has 98 valence electrons. The van der Waals surface area contributed by atoms with E-state index in [4.69, 9.17) is 4.52 Å². The molecule has 0 radical (unpaired) electrons. The number of hydrogen-bond acceptors (Lipinski definition) is 4. The fourth-order valence-corrected chi connectivity index (χ4v) is 1.83. The van der Waals surface area contributed by atoms with E-state index in [0.717, 1.165) is 30.5 Å². The minimum absolute atomic E-state index is 0.0944. The predicted octanol–water partition coefficient (Wildman–Crippen LogP) is 2.65. The molecule has 19 heavy (non-hydrogen) atoms. The first-order chi connectivity index (χ1) is 9.26. The molecule has 0 saturated heterocycles. The molecule has 1 heterocycles. The Labute approximate surface area is 111 Å². The van der Waals surface area contributed by atoms with Crippen molar-refractivity contribution in [3.63, 3.8) is 0 Å². The van der Waals surface area contributed by atoms with Gasteiger partial charge in [0.1, 0.15) is 0 Å². The highest BCUT2D eigenvalue weighted by atomic mass is 16.5. The Balaban J connectivity index is 1.80. The third-order valence-corrected chi connectivity index (χ3v) is 3.11. The molecule has 1 amide bonds. The maximum Gasteiger partial charge on any atom is 0.257 e. The maximum absolute atomic E-state index is 11.7. The molecule has 1 aromatic heterocycles. The van der Waals surface area contributed by atoms with Crippen LogP contribution in [0.25, 0.3) is 11.5 Å². The second-order valence-electron chi connectivity index (χ2n) is 4.71. The molecule has 0 spiro atoms. The average Bonchev–Trinajstić information content (AvgIpc) is 3.17. The number of amides is 1. The van der Waals surface area contributed by atoms with E-state index in [-0.39, 0.29) is 11.8 Å². The van der Waals surface area contributed by atoms with Gasteiger partial charge in [-0.15, -0.1) is 0 Å². The Morgan fingerprint density at radius 1 is 1.47 bits per heavy atom. The van der Waals surface area contributed by atoms with Crippen molar-refractivity contribution in [1.82, 2.24) is 10.1 Å². The molecule has 1 aliphatic carbocycles. The van der Waals surface area contributed by atoms with E-state index < -0.39 is 0 Å². The predicted molar refractivity (Wildman–Crippen MR) is 70.5 cm³/mol. The van der Waals surface area contributed by atoms with Crippen molar-refractivity contribution >= 4 is 11.6 Å². The summed E-state index contributed by atoms with van der Waals surface area (Å²) in [6.07, 6.45) is 2.73. The second kappa shape index (κ2) is 4.84. The number of hydrogen-bond donors (Lipinski definition) is 1. The molecular weight excluding hydrogens is 242 g/mol. The Kier molecular flexibility index (Phi) is 3.03. The van der Waals surface area contributed by atoms with Gasteiger partial charge in [0.15, 0.2) is 5.82 Å². The first-order valence-electron chi connectivity index (χ1n) is 6.50. The summed E-state index contributed by atoms with van der Waals surface area (Å²) in [6.45, 7) is 1.97. The smallest absolute Gasteiger partial charge is 0.257 e. The summed E-state index contributed by atoms with van der Waals surface area (Å²) >= 11 is 0. The number of nitrogens with zero attached hydrogens (tertiary/aromatic N) is 2. The molecule has 1 aromatic carbocycles.